The summed E-state index contributed by atoms with van der Waals surface area (Å²) in [6.45, 7) is 0. The Balaban J connectivity index is 3.15. The van der Waals surface area contributed by atoms with Gasteiger partial charge in [-0.15, -0.1) is 0 Å². The number of carbonyl (C=O) groups is 1. The molecule has 51 valence electrons. The van der Waals surface area contributed by atoms with Crippen LogP contribution in [-0.4, -0.2) is 17.1 Å². The minimum Gasteiger partial charge on any atom is -0.348 e. The van der Waals surface area contributed by atoms with E-state index < -0.39 is 0 Å². The molecule has 0 saturated heterocycles. The van der Waals surface area contributed by atoms with Gasteiger partial charge < -0.3 is 4.57 Å². The van der Waals surface area contributed by atoms with E-state index in [-0.39, 0.29) is 0 Å². The molecule has 0 amide bonds. The fourth-order valence-electron chi connectivity index (χ4n) is 0.755. The zero-order valence-corrected chi connectivity index (χ0v) is 5.50. The van der Waals surface area contributed by atoms with E-state index >= 15 is 0 Å². The van der Waals surface area contributed by atoms with E-state index in [2.05, 4.69) is 0 Å². The molecule has 0 bridgehead atoms. The molecule has 0 spiro atoms. The minimum atomic E-state index is 0.407. The van der Waals surface area contributed by atoms with Gasteiger partial charge in [0.25, 0.3) is 0 Å². The van der Waals surface area contributed by atoms with Crippen molar-refractivity contribution in [2.75, 3.05) is 0 Å². The summed E-state index contributed by atoms with van der Waals surface area (Å²) in [4.78, 5) is 20.2. The molecule has 0 aliphatic heterocycles. The lowest BCUT2D eigenvalue weighted by atomic mass is 10.3. The largest absolute Gasteiger partial charge is 0.348 e. The van der Waals surface area contributed by atoms with Crippen molar-refractivity contribution in [3.63, 3.8) is 0 Å². The van der Waals surface area contributed by atoms with Gasteiger partial charge in [0.1, 0.15) is 0 Å². The normalized spacial score (nSPS) is 9.30. The third kappa shape index (κ3) is 0.978. The van der Waals surface area contributed by atoms with Crippen molar-refractivity contribution in [2.45, 2.75) is 0 Å². The van der Waals surface area contributed by atoms with Crippen LogP contribution in [0.5, 0.6) is 0 Å². The van der Waals surface area contributed by atoms with Crippen LogP contribution in [0.2, 0.25) is 0 Å². The van der Waals surface area contributed by atoms with E-state index in [1.807, 2.05) is 0 Å². The van der Waals surface area contributed by atoms with Crippen molar-refractivity contribution in [2.24, 2.45) is 7.05 Å². The summed E-state index contributed by atoms with van der Waals surface area (Å²) in [6, 6.07) is 1.49. The maximum Gasteiger partial charge on any atom is 0.235 e. The summed E-state index contributed by atoms with van der Waals surface area (Å²) in [5, 5.41) is 0. The topological polar surface area (TPSA) is 39.1 Å². The number of carbonyl (C=O) groups excluding carboxylic acids is 2. The lowest BCUT2D eigenvalue weighted by Gasteiger charge is -1.88. The first kappa shape index (κ1) is 6.74. The number of nitrogens with zero attached hydrogens (tertiary/aromatic N) is 1. The first-order valence-electron chi connectivity index (χ1n) is 2.77. The zero-order chi connectivity index (χ0) is 7.56. The summed E-state index contributed by atoms with van der Waals surface area (Å²) >= 11 is 0. The lowest BCUT2D eigenvalue weighted by molar-refractivity contribution is 0.111. The summed E-state index contributed by atoms with van der Waals surface area (Å²) in [5.41, 5.74) is 0.892. The average molecular weight is 136 g/mol. The smallest absolute Gasteiger partial charge is 0.235 e. The van der Waals surface area contributed by atoms with Gasteiger partial charge in [-0.1, -0.05) is 0 Å². The van der Waals surface area contributed by atoms with Gasteiger partial charge in [-0.05, 0) is 6.07 Å². The molecule has 0 aliphatic rings. The highest BCUT2D eigenvalue weighted by Crippen LogP contribution is 2.00. The number of hydrogen-bond donors (Lipinski definition) is 0. The van der Waals surface area contributed by atoms with E-state index in [4.69, 9.17) is 0 Å². The highest BCUT2D eigenvalue weighted by Gasteiger charge is 1.99. The van der Waals surface area contributed by atoms with Gasteiger partial charge >= 0.3 is 0 Å². The highest BCUT2D eigenvalue weighted by atomic mass is 16.1. The summed E-state index contributed by atoms with van der Waals surface area (Å²) in [6.07, 6.45) is 3.94. The number of hydrogen-bond acceptors (Lipinski definition) is 2. The van der Waals surface area contributed by atoms with Gasteiger partial charge in [-0.25, -0.2) is 0 Å². The molecule has 10 heavy (non-hydrogen) atoms. The molecule has 0 aromatic carbocycles. The predicted molar refractivity (Wildman–Crippen MR) is 35.6 cm³/mol. The monoisotopic (exact) mass is 136 g/mol. The maximum atomic E-state index is 10.2. The van der Waals surface area contributed by atoms with Crippen LogP contribution in [-0.2, 0) is 11.8 Å². The van der Waals surface area contributed by atoms with Gasteiger partial charge in [0.2, 0.25) is 6.29 Å². The van der Waals surface area contributed by atoms with Crippen LogP contribution < -0.4 is 0 Å². The Bertz CT molecular complexity index is 263. The molecule has 0 N–H and O–H groups in total. The molecule has 3 nitrogen and oxygen atoms in total. The fraction of sp³-hybridized carbons (Fsp3) is 0.143. The van der Waals surface area contributed by atoms with Gasteiger partial charge in [0, 0.05) is 18.8 Å². The van der Waals surface area contributed by atoms with E-state index in [1.165, 1.54) is 6.07 Å². The summed E-state index contributed by atoms with van der Waals surface area (Å²) < 4.78 is 1.58. The molecular weight excluding hydrogens is 130 g/mol. The van der Waals surface area contributed by atoms with Crippen LogP contribution in [0.15, 0.2) is 12.3 Å². The Morgan fingerprint density at radius 3 is 2.70 bits per heavy atom. The van der Waals surface area contributed by atoms with Crippen LogP contribution in [0.3, 0.4) is 0 Å². The van der Waals surface area contributed by atoms with Gasteiger partial charge in [0.05, 0.1) is 5.69 Å². The van der Waals surface area contributed by atoms with E-state index in [0.29, 0.717) is 17.5 Å². The predicted octanol–water partition coefficient (Wildman–Crippen LogP) is 0.295. The molecule has 1 rings (SSSR count). The standard InChI is InChI=1S/C7H6NO2/c1-8-3-6(4-9)2-7(8)5-10/h2-3,5H,1H3. The number of aldehydes is 1. The highest BCUT2D eigenvalue weighted by molar-refractivity contribution is 5.81. The van der Waals surface area contributed by atoms with Gasteiger partial charge in [-0.2, -0.15) is 0 Å². The molecule has 1 aromatic rings. The van der Waals surface area contributed by atoms with Crippen LogP contribution in [0, 0.1) is 0 Å². The molecule has 0 aliphatic carbocycles. The second-order valence-corrected chi connectivity index (χ2v) is 1.98. The van der Waals surface area contributed by atoms with Crippen molar-refractivity contribution in [3.8, 4) is 0 Å². The van der Waals surface area contributed by atoms with E-state index in [9.17, 15) is 9.59 Å². The van der Waals surface area contributed by atoms with Crippen LogP contribution in [0.1, 0.15) is 16.1 Å². The molecule has 1 radical (unpaired) electrons. The Morgan fingerprint density at radius 1 is 1.70 bits per heavy atom. The van der Waals surface area contributed by atoms with Crippen molar-refractivity contribution >= 4 is 12.6 Å². The van der Waals surface area contributed by atoms with Crippen molar-refractivity contribution in [1.82, 2.24) is 4.57 Å². The lowest BCUT2D eigenvalue weighted by Crippen LogP contribution is -1.90. The third-order valence-corrected chi connectivity index (χ3v) is 1.28. The molecule has 1 aromatic heterocycles. The Kier molecular flexibility index (Phi) is 1.67. The fourth-order valence-corrected chi connectivity index (χ4v) is 0.755. The first-order chi connectivity index (χ1) is 4.77. The number of aryl methyl sites for hydroxylation is 1. The molecule has 0 unspecified atom stereocenters. The molecule has 1 heterocycles. The van der Waals surface area contributed by atoms with E-state index in [1.54, 1.807) is 24.1 Å². The number of rotatable bonds is 2. The van der Waals surface area contributed by atoms with Crippen molar-refractivity contribution in [1.29, 1.82) is 0 Å². The third-order valence-electron chi connectivity index (χ3n) is 1.28. The average Bonchev–Trinajstić information content (AvgIpc) is 2.30. The summed E-state index contributed by atoms with van der Waals surface area (Å²) in [5.74, 6) is 0. The molecule has 0 saturated carbocycles. The van der Waals surface area contributed by atoms with Crippen LogP contribution in [0.25, 0.3) is 0 Å². The minimum absolute atomic E-state index is 0.407. The van der Waals surface area contributed by atoms with Crippen molar-refractivity contribution in [3.05, 3.63) is 23.5 Å². The van der Waals surface area contributed by atoms with Gasteiger partial charge in [0.15, 0.2) is 6.29 Å². The Hall–Kier alpha value is -1.38. The molecule has 0 atom stereocenters. The molecular formula is C7H6NO2. The summed E-state index contributed by atoms with van der Waals surface area (Å²) in [7, 11) is 1.70. The second-order valence-electron chi connectivity index (χ2n) is 1.98. The zero-order valence-electron chi connectivity index (χ0n) is 5.50. The maximum absolute atomic E-state index is 10.2. The van der Waals surface area contributed by atoms with Crippen LogP contribution >= 0.6 is 0 Å². The van der Waals surface area contributed by atoms with Crippen LogP contribution in [0.4, 0.5) is 0 Å². The second kappa shape index (κ2) is 2.47. The number of aromatic nitrogens is 1. The quantitative estimate of drug-likeness (QED) is 0.548. The Morgan fingerprint density at radius 2 is 2.40 bits per heavy atom. The molecule has 0 fully saturated rings. The van der Waals surface area contributed by atoms with Crippen molar-refractivity contribution < 1.29 is 9.59 Å². The van der Waals surface area contributed by atoms with Gasteiger partial charge in [-0.3, -0.25) is 9.59 Å². The first-order valence-corrected chi connectivity index (χ1v) is 2.77. The van der Waals surface area contributed by atoms with E-state index in [0.717, 1.165) is 0 Å². The SMILES string of the molecule is Cn1cc([C]=O)cc1C=O. The Labute approximate surface area is 58.3 Å². The molecule has 3 heteroatoms.